The van der Waals surface area contributed by atoms with Crippen LogP contribution in [0.15, 0.2) is 29.2 Å². The van der Waals surface area contributed by atoms with Crippen molar-refractivity contribution in [3.8, 4) is 11.3 Å². The summed E-state index contributed by atoms with van der Waals surface area (Å²) in [4.78, 5) is 29.4. The quantitative estimate of drug-likeness (QED) is 0.337. The molecular weight excluding hydrogens is 595 g/mol. The summed E-state index contributed by atoms with van der Waals surface area (Å²) in [5.74, 6) is -5.61. The third kappa shape index (κ3) is 5.33. The molecule has 1 aromatic carbocycles. The molecule has 0 radical (unpaired) electrons. The number of fused-ring (bicyclic) bond motifs is 1. The van der Waals surface area contributed by atoms with Crippen molar-refractivity contribution in [3.05, 3.63) is 40.6 Å². The zero-order valence-corrected chi connectivity index (χ0v) is 26.1. The molecule has 3 aromatic rings. The van der Waals surface area contributed by atoms with E-state index in [1.165, 1.54) is 22.9 Å². The third-order valence-electron chi connectivity index (χ3n) is 9.73. The predicted octanol–water partition coefficient (Wildman–Crippen LogP) is 5.04. The Morgan fingerprint density at radius 1 is 1.11 bits per heavy atom. The molecule has 2 aromatic heterocycles. The summed E-state index contributed by atoms with van der Waals surface area (Å²) in [5, 5.41) is 3.40. The van der Waals surface area contributed by atoms with Crippen LogP contribution in [0.1, 0.15) is 64.8 Å². The van der Waals surface area contributed by atoms with E-state index in [2.05, 4.69) is 44.0 Å². The van der Waals surface area contributed by atoms with Crippen LogP contribution >= 0.6 is 0 Å². The molecule has 2 N–H and O–H groups in total. The van der Waals surface area contributed by atoms with Crippen molar-refractivity contribution in [2.45, 2.75) is 82.8 Å². The maximum atomic E-state index is 15.2. The second kappa shape index (κ2) is 11.0. The van der Waals surface area contributed by atoms with Crippen LogP contribution in [0.4, 0.5) is 24.8 Å². The normalized spacial score (nSPS) is 24.1. The number of anilines is 2. The maximum absolute atomic E-state index is 15.2. The van der Waals surface area contributed by atoms with E-state index in [1.54, 1.807) is 0 Å². The number of sulfonamides is 1. The van der Waals surface area contributed by atoms with Crippen LogP contribution in [-0.2, 0) is 10.0 Å². The van der Waals surface area contributed by atoms with Crippen LogP contribution in [0, 0.1) is 17.2 Å². The average molecular weight is 634 g/mol. The van der Waals surface area contributed by atoms with Crippen molar-refractivity contribution in [1.82, 2.24) is 24.4 Å². The van der Waals surface area contributed by atoms with Gasteiger partial charge in [-0.1, -0.05) is 12.5 Å². The monoisotopic (exact) mass is 633 g/mol. The van der Waals surface area contributed by atoms with Gasteiger partial charge >= 0.3 is 0 Å². The Morgan fingerprint density at radius 3 is 2.39 bits per heavy atom. The van der Waals surface area contributed by atoms with Crippen LogP contribution < -0.4 is 15.6 Å². The maximum Gasteiger partial charge on any atom is 0.278 e. The minimum Gasteiger partial charge on any atom is -0.351 e. The second-order valence-corrected chi connectivity index (χ2v) is 14.8. The van der Waals surface area contributed by atoms with Gasteiger partial charge in [0.25, 0.3) is 11.5 Å². The Hall–Kier alpha value is -3.26. The highest BCUT2D eigenvalue weighted by atomic mass is 32.2. The smallest absolute Gasteiger partial charge is 0.278 e. The Labute approximate surface area is 254 Å². The van der Waals surface area contributed by atoms with Crippen LogP contribution in [0.2, 0.25) is 0 Å². The largest absolute Gasteiger partial charge is 0.351 e. The minimum absolute atomic E-state index is 0.0460. The number of rotatable bonds is 9. The summed E-state index contributed by atoms with van der Waals surface area (Å²) in [7, 11) is -0.0630. The Morgan fingerprint density at radius 2 is 1.82 bits per heavy atom. The van der Waals surface area contributed by atoms with E-state index >= 15 is 4.39 Å². The number of aromatic nitrogens is 4. The zero-order valence-electron chi connectivity index (χ0n) is 25.3. The van der Waals surface area contributed by atoms with Crippen molar-refractivity contribution < 1.29 is 21.6 Å². The lowest BCUT2D eigenvalue weighted by Gasteiger charge is -2.32. The van der Waals surface area contributed by atoms with Crippen molar-refractivity contribution in [1.29, 1.82) is 0 Å². The van der Waals surface area contributed by atoms with Gasteiger partial charge in [0, 0.05) is 29.1 Å². The van der Waals surface area contributed by atoms with Crippen molar-refractivity contribution >= 4 is 32.8 Å². The van der Waals surface area contributed by atoms with Gasteiger partial charge in [-0.15, -0.1) is 0 Å². The number of nitrogens with one attached hydrogen (secondary N) is 2. The van der Waals surface area contributed by atoms with Gasteiger partial charge in [-0.05, 0) is 78.6 Å². The molecule has 1 spiro atoms. The first-order valence-corrected chi connectivity index (χ1v) is 16.8. The summed E-state index contributed by atoms with van der Waals surface area (Å²) < 4.78 is 72.7. The lowest BCUT2D eigenvalue weighted by atomic mass is 9.79. The van der Waals surface area contributed by atoms with Gasteiger partial charge in [-0.25, -0.2) is 31.6 Å². The molecule has 6 rings (SSSR count). The molecule has 2 heterocycles. The van der Waals surface area contributed by atoms with Crippen LogP contribution in [0.3, 0.4) is 0 Å². The summed E-state index contributed by atoms with van der Waals surface area (Å²) in [6, 6.07) is 4.02. The fourth-order valence-electron chi connectivity index (χ4n) is 6.93. The van der Waals surface area contributed by atoms with E-state index in [4.69, 9.17) is 0 Å². The number of alkyl halides is 2. The molecule has 0 bridgehead atoms. The molecule has 238 valence electrons. The van der Waals surface area contributed by atoms with E-state index in [1.807, 2.05) is 13.8 Å². The predicted molar refractivity (Wildman–Crippen MR) is 163 cm³/mol. The van der Waals surface area contributed by atoms with E-state index < -0.39 is 44.4 Å². The van der Waals surface area contributed by atoms with E-state index in [-0.39, 0.29) is 29.0 Å². The van der Waals surface area contributed by atoms with E-state index in [9.17, 15) is 22.0 Å². The first-order valence-electron chi connectivity index (χ1n) is 15.1. The zero-order chi connectivity index (χ0) is 31.6. The first-order chi connectivity index (χ1) is 20.7. The van der Waals surface area contributed by atoms with Gasteiger partial charge in [-0.3, -0.25) is 14.1 Å². The van der Waals surface area contributed by atoms with Gasteiger partial charge in [0.15, 0.2) is 5.65 Å². The Balaban J connectivity index is 1.23. The molecule has 3 saturated carbocycles. The first kappa shape index (κ1) is 30.8. The Bertz CT molecular complexity index is 1750. The third-order valence-corrected chi connectivity index (χ3v) is 11.0. The Kier molecular flexibility index (Phi) is 7.67. The number of hydrogen-bond donors (Lipinski definition) is 2. The highest BCUT2D eigenvalue weighted by Crippen LogP contribution is 2.75. The van der Waals surface area contributed by atoms with Gasteiger partial charge in [0.05, 0.1) is 23.6 Å². The molecule has 14 heteroatoms. The number of hydrogen-bond acceptors (Lipinski definition) is 8. The van der Waals surface area contributed by atoms with Crippen LogP contribution in [-0.4, -0.2) is 70.7 Å². The molecule has 0 amide bonds. The average Bonchev–Trinajstić information content (AvgIpc) is 3.43. The number of nitrogens with zero attached hydrogens (tertiary/aromatic N) is 5. The van der Waals surface area contributed by atoms with Crippen molar-refractivity contribution in [3.63, 3.8) is 0 Å². The molecule has 3 aliphatic carbocycles. The number of benzene rings is 1. The molecule has 3 aliphatic rings. The lowest BCUT2D eigenvalue weighted by Crippen LogP contribution is -2.36. The van der Waals surface area contributed by atoms with Crippen molar-refractivity contribution in [2.24, 2.45) is 11.3 Å². The molecule has 44 heavy (non-hydrogen) atoms. The van der Waals surface area contributed by atoms with Gasteiger partial charge in [-0.2, -0.15) is 4.98 Å². The summed E-state index contributed by atoms with van der Waals surface area (Å²) >= 11 is 0. The fourth-order valence-corrected chi connectivity index (χ4v) is 8.48. The molecule has 1 unspecified atom stereocenters. The molecule has 3 fully saturated rings. The van der Waals surface area contributed by atoms with Crippen molar-refractivity contribution in [2.75, 3.05) is 29.9 Å². The lowest BCUT2D eigenvalue weighted by molar-refractivity contribution is 0.0284. The van der Waals surface area contributed by atoms with Crippen LogP contribution in [0.5, 0.6) is 0 Å². The van der Waals surface area contributed by atoms with E-state index in [0.717, 1.165) is 31.7 Å². The SMILES string of the molecule is CC(C)n1c(=O)c(-c2ccc(NS(=O)(=O)CC3C(F)(F)C34CCC4)c(F)c2)nc2cnc(N[C@H]3CC[C@H](N(C)C)CC3)nc21. The highest BCUT2D eigenvalue weighted by Gasteiger charge is 2.82. The topological polar surface area (TPSA) is 122 Å². The van der Waals surface area contributed by atoms with Gasteiger partial charge < -0.3 is 10.2 Å². The number of halogens is 3. The molecule has 1 atom stereocenters. The standard InChI is InChI=1S/C30H38F3N7O3S/c1-17(2)40-26-23(15-34-28(37-26)35-19-7-9-20(10-8-19)39(3)4)36-25(27(40)41)18-6-11-22(21(31)14-18)38-44(42,43)16-24-29(12-5-13-29)30(24,32)33/h6,11,14-15,17,19-20,24,38H,5,7-10,12-13,16H2,1-4H3,(H,34,35,37)/t19-,20-,24?. The van der Waals surface area contributed by atoms with Crippen LogP contribution in [0.25, 0.3) is 22.4 Å². The summed E-state index contributed by atoms with van der Waals surface area (Å²) in [5.41, 5.74) is -1.32. The van der Waals surface area contributed by atoms with Gasteiger partial charge in [0.1, 0.15) is 17.0 Å². The van der Waals surface area contributed by atoms with Gasteiger partial charge in [0.2, 0.25) is 16.0 Å². The fraction of sp³-hybridized carbons (Fsp3) is 0.600. The molecular formula is C30H38F3N7O3S. The summed E-state index contributed by atoms with van der Waals surface area (Å²) in [6.45, 7) is 3.66. The second-order valence-electron chi connectivity index (χ2n) is 13.0. The highest BCUT2D eigenvalue weighted by molar-refractivity contribution is 7.92. The van der Waals surface area contributed by atoms with E-state index in [0.29, 0.717) is 42.4 Å². The molecule has 0 aliphatic heterocycles. The summed E-state index contributed by atoms with van der Waals surface area (Å²) in [6.07, 6.45) is 6.86. The molecule has 10 nitrogen and oxygen atoms in total. The minimum atomic E-state index is -4.24. The molecule has 0 saturated heterocycles.